The second-order valence-corrected chi connectivity index (χ2v) is 6.01. The minimum atomic E-state index is -0.515. The minimum Gasteiger partial charge on any atom is -0.494 e. The second-order valence-electron chi connectivity index (χ2n) is 6.01. The smallest absolute Gasteiger partial charge is 0.260 e. The van der Waals surface area contributed by atoms with Gasteiger partial charge in [-0.05, 0) is 57.4 Å². The molecule has 4 nitrogen and oxygen atoms in total. The summed E-state index contributed by atoms with van der Waals surface area (Å²) in [6.07, 6.45) is 1.20. The van der Waals surface area contributed by atoms with Crippen molar-refractivity contribution in [2.24, 2.45) is 0 Å². The van der Waals surface area contributed by atoms with Gasteiger partial charge < -0.3 is 14.8 Å². The molecule has 0 bridgehead atoms. The first-order chi connectivity index (χ1) is 12.1. The predicted octanol–water partition coefficient (Wildman–Crippen LogP) is 3.91. The average Bonchev–Trinajstić information content (AvgIpc) is 2.62. The summed E-state index contributed by atoms with van der Waals surface area (Å²) in [5.74, 6) is 1.53. The number of rotatable bonds is 9. The van der Waals surface area contributed by atoms with Crippen molar-refractivity contribution >= 4 is 5.91 Å². The summed E-state index contributed by atoms with van der Waals surface area (Å²) in [6.45, 7) is 7.03. The number of benzene rings is 2. The fourth-order valence-electron chi connectivity index (χ4n) is 2.52. The number of hydrogen-bond acceptors (Lipinski definition) is 3. The fraction of sp³-hybridized carbons (Fsp3) is 0.381. The highest BCUT2D eigenvalue weighted by Gasteiger charge is 2.14. The van der Waals surface area contributed by atoms with Crippen LogP contribution in [0.1, 0.15) is 31.4 Å². The summed E-state index contributed by atoms with van der Waals surface area (Å²) in [7, 11) is 0. The molecule has 0 saturated carbocycles. The zero-order valence-corrected chi connectivity index (χ0v) is 15.2. The van der Waals surface area contributed by atoms with Crippen LogP contribution in [0.4, 0.5) is 0 Å². The summed E-state index contributed by atoms with van der Waals surface area (Å²) in [4.78, 5) is 12.1. The first-order valence-electron chi connectivity index (χ1n) is 8.82. The van der Waals surface area contributed by atoms with Crippen LogP contribution in [0, 0.1) is 6.92 Å². The van der Waals surface area contributed by atoms with Gasteiger partial charge in [0.1, 0.15) is 11.5 Å². The van der Waals surface area contributed by atoms with Gasteiger partial charge in [-0.3, -0.25) is 4.79 Å². The van der Waals surface area contributed by atoms with Gasteiger partial charge in [-0.1, -0.05) is 35.9 Å². The Labute approximate surface area is 150 Å². The highest BCUT2D eigenvalue weighted by atomic mass is 16.5. The van der Waals surface area contributed by atoms with Crippen LogP contribution in [-0.4, -0.2) is 25.2 Å². The maximum absolute atomic E-state index is 12.1. The van der Waals surface area contributed by atoms with Crippen LogP contribution in [0.2, 0.25) is 0 Å². The number of amides is 1. The molecular weight excluding hydrogens is 314 g/mol. The zero-order chi connectivity index (χ0) is 18.1. The summed E-state index contributed by atoms with van der Waals surface area (Å²) < 4.78 is 11.3. The maximum atomic E-state index is 12.1. The molecule has 0 aliphatic carbocycles. The van der Waals surface area contributed by atoms with Crippen LogP contribution in [0.3, 0.4) is 0 Å². The Morgan fingerprint density at radius 2 is 1.84 bits per heavy atom. The number of nitrogens with one attached hydrogen (secondary N) is 1. The van der Waals surface area contributed by atoms with E-state index < -0.39 is 6.10 Å². The fourth-order valence-corrected chi connectivity index (χ4v) is 2.52. The highest BCUT2D eigenvalue weighted by Crippen LogP contribution is 2.19. The molecule has 1 atom stereocenters. The lowest BCUT2D eigenvalue weighted by atomic mass is 10.1. The summed E-state index contributed by atoms with van der Waals surface area (Å²) >= 11 is 0. The van der Waals surface area contributed by atoms with Gasteiger partial charge in [-0.25, -0.2) is 0 Å². The monoisotopic (exact) mass is 341 g/mol. The predicted molar refractivity (Wildman–Crippen MR) is 100 cm³/mol. The van der Waals surface area contributed by atoms with Gasteiger partial charge in [0, 0.05) is 6.54 Å². The van der Waals surface area contributed by atoms with E-state index in [4.69, 9.17) is 9.47 Å². The Balaban J connectivity index is 1.74. The molecule has 0 aromatic heterocycles. The number of hydrogen-bond donors (Lipinski definition) is 1. The molecule has 1 unspecified atom stereocenters. The van der Waals surface area contributed by atoms with Crippen molar-refractivity contribution in [3.8, 4) is 11.5 Å². The van der Waals surface area contributed by atoms with Crippen LogP contribution in [0.5, 0.6) is 11.5 Å². The molecular formula is C21H27NO3. The third-order valence-electron chi connectivity index (χ3n) is 3.90. The Hall–Kier alpha value is -2.49. The van der Waals surface area contributed by atoms with Crippen molar-refractivity contribution in [1.82, 2.24) is 5.32 Å². The lowest BCUT2D eigenvalue weighted by Crippen LogP contribution is -2.36. The summed E-state index contributed by atoms with van der Waals surface area (Å²) in [6, 6.07) is 15.7. The zero-order valence-electron chi connectivity index (χ0n) is 15.2. The molecule has 0 fully saturated rings. The Bertz CT molecular complexity index is 667. The largest absolute Gasteiger partial charge is 0.494 e. The topological polar surface area (TPSA) is 47.6 Å². The van der Waals surface area contributed by atoms with E-state index >= 15 is 0 Å². The molecule has 0 aliphatic rings. The van der Waals surface area contributed by atoms with Gasteiger partial charge in [0.15, 0.2) is 6.10 Å². The van der Waals surface area contributed by atoms with Gasteiger partial charge >= 0.3 is 0 Å². The molecule has 134 valence electrons. The lowest BCUT2D eigenvalue weighted by Gasteiger charge is -2.15. The van der Waals surface area contributed by atoms with Gasteiger partial charge in [0.2, 0.25) is 0 Å². The summed E-state index contributed by atoms with van der Waals surface area (Å²) in [5.41, 5.74) is 2.33. The van der Waals surface area contributed by atoms with E-state index in [1.807, 2.05) is 56.3 Å². The molecule has 1 amide bonds. The second kappa shape index (κ2) is 9.72. The van der Waals surface area contributed by atoms with E-state index in [1.54, 1.807) is 6.92 Å². The van der Waals surface area contributed by atoms with Crippen molar-refractivity contribution in [2.45, 2.75) is 39.7 Å². The third kappa shape index (κ3) is 6.14. The van der Waals surface area contributed by atoms with E-state index in [0.717, 1.165) is 24.2 Å². The molecule has 1 N–H and O–H groups in total. The number of aryl methyl sites for hydroxylation is 2. The van der Waals surface area contributed by atoms with E-state index in [2.05, 4.69) is 11.4 Å². The van der Waals surface area contributed by atoms with Crippen LogP contribution in [-0.2, 0) is 11.2 Å². The Morgan fingerprint density at radius 1 is 1.12 bits per heavy atom. The molecule has 0 heterocycles. The maximum Gasteiger partial charge on any atom is 0.260 e. The Kier molecular flexibility index (Phi) is 7.33. The highest BCUT2D eigenvalue weighted by molar-refractivity contribution is 5.80. The molecule has 4 heteroatoms. The average molecular weight is 341 g/mol. The number of para-hydroxylation sites is 1. The van der Waals surface area contributed by atoms with E-state index in [0.29, 0.717) is 18.9 Å². The molecule has 2 rings (SSSR count). The van der Waals surface area contributed by atoms with Crippen molar-refractivity contribution in [3.05, 3.63) is 59.7 Å². The normalized spacial score (nSPS) is 11.6. The number of carbonyl (C=O) groups is 1. The molecule has 2 aromatic carbocycles. The van der Waals surface area contributed by atoms with Gasteiger partial charge in [-0.15, -0.1) is 0 Å². The van der Waals surface area contributed by atoms with Crippen molar-refractivity contribution in [1.29, 1.82) is 0 Å². The minimum absolute atomic E-state index is 0.0985. The van der Waals surface area contributed by atoms with Crippen LogP contribution < -0.4 is 14.8 Å². The van der Waals surface area contributed by atoms with Crippen molar-refractivity contribution in [2.75, 3.05) is 13.2 Å². The van der Waals surface area contributed by atoms with E-state index in [-0.39, 0.29) is 5.91 Å². The van der Waals surface area contributed by atoms with E-state index in [9.17, 15) is 4.79 Å². The standard InChI is InChI=1S/C21H27NO3/c1-4-24-20-10-6-5-8-18(20)9-7-15-22-21(23)17(3)25-19-13-11-16(2)12-14-19/h5-6,8,10-14,17H,4,7,9,15H2,1-3H3,(H,22,23). The van der Waals surface area contributed by atoms with Crippen molar-refractivity contribution in [3.63, 3.8) is 0 Å². The molecule has 0 radical (unpaired) electrons. The molecule has 2 aromatic rings. The first kappa shape index (κ1) is 18.8. The van der Waals surface area contributed by atoms with Crippen molar-refractivity contribution < 1.29 is 14.3 Å². The SMILES string of the molecule is CCOc1ccccc1CCCNC(=O)C(C)Oc1ccc(C)cc1. The van der Waals surface area contributed by atoms with Crippen LogP contribution >= 0.6 is 0 Å². The molecule has 25 heavy (non-hydrogen) atoms. The van der Waals surface area contributed by atoms with Crippen LogP contribution in [0.15, 0.2) is 48.5 Å². The van der Waals surface area contributed by atoms with Gasteiger partial charge in [-0.2, -0.15) is 0 Å². The lowest BCUT2D eigenvalue weighted by molar-refractivity contribution is -0.127. The quantitative estimate of drug-likeness (QED) is 0.704. The molecule has 0 aliphatic heterocycles. The van der Waals surface area contributed by atoms with Gasteiger partial charge in [0.25, 0.3) is 5.91 Å². The summed E-state index contributed by atoms with van der Waals surface area (Å²) in [5, 5.41) is 2.93. The molecule has 0 spiro atoms. The Morgan fingerprint density at radius 3 is 2.56 bits per heavy atom. The van der Waals surface area contributed by atoms with Crippen LogP contribution in [0.25, 0.3) is 0 Å². The van der Waals surface area contributed by atoms with Gasteiger partial charge in [0.05, 0.1) is 6.61 Å². The number of carbonyl (C=O) groups excluding carboxylic acids is 1. The first-order valence-corrected chi connectivity index (χ1v) is 8.82. The molecule has 0 saturated heterocycles. The third-order valence-corrected chi connectivity index (χ3v) is 3.90. The van der Waals surface area contributed by atoms with E-state index in [1.165, 1.54) is 5.56 Å². The number of ether oxygens (including phenoxy) is 2.